The van der Waals surface area contributed by atoms with Gasteiger partial charge in [-0.3, -0.25) is 4.99 Å². The van der Waals surface area contributed by atoms with Crippen molar-refractivity contribution in [2.45, 2.75) is 24.4 Å². The Hall–Kier alpha value is -0.690. The zero-order chi connectivity index (χ0) is 9.30. The highest BCUT2D eigenvalue weighted by atomic mass is 16.4. The first-order chi connectivity index (χ1) is 5.57. The van der Waals surface area contributed by atoms with E-state index in [0.717, 1.165) is 0 Å². The summed E-state index contributed by atoms with van der Waals surface area (Å²) in [5, 5.41) is 36.1. The van der Waals surface area contributed by atoms with Gasteiger partial charge in [0, 0.05) is 0 Å². The number of nitrogens with two attached hydrogens (primary N) is 1. The zero-order valence-electron chi connectivity index (χ0n) is 6.33. The average molecular weight is 176 g/mol. The summed E-state index contributed by atoms with van der Waals surface area (Å²) in [7, 11) is 0. The molecule has 12 heavy (non-hydrogen) atoms. The molecule has 0 bridgehead atoms. The number of rotatable bonds is 1. The molecule has 6 heteroatoms. The Morgan fingerprint density at radius 3 is 2.33 bits per heavy atom. The summed E-state index contributed by atoms with van der Waals surface area (Å²) >= 11 is 0. The van der Waals surface area contributed by atoms with Crippen LogP contribution in [0.2, 0.25) is 0 Å². The van der Waals surface area contributed by atoms with Crippen molar-refractivity contribution in [1.29, 1.82) is 0 Å². The molecule has 0 saturated heterocycles. The third-order valence-corrected chi connectivity index (χ3v) is 1.87. The Bertz CT molecular complexity index is 196. The minimum atomic E-state index is -1.38. The van der Waals surface area contributed by atoms with Crippen LogP contribution in [0, 0.1) is 0 Å². The lowest BCUT2D eigenvalue weighted by Crippen LogP contribution is -2.55. The molecule has 1 rings (SSSR count). The minimum absolute atomic E-state index is 0.160. The summed E-state index contributed by atoms with van der Waals surface area (Å²) in [5.41, 5.74) is 5.21. The first kappa shape index (κ1) is 9.40. The van der Waals surface area contributed by atoms with Crippen molar-refractivity contribution < 1.29 is 20.4 Å². The predicted octanol–water partition coefficient (Wildman–Crippen LogP) is -3.20. The van der Waals surface area contributed by atoms with Gasteiger partial charge in [-0.25, -0.2) is 0 Å². The molecule has 0 aliphatic carbocycles. The van der Waals surface area contributed by atoms with E-state index < -0.39 is 31.0 Å². The molecule has 0 aromatic heterocycles. The first-order valence-electron chi connectivity index (χ1n) is 3.56. The predicted molar refractivity (Wildman–Crippen MR) is 40.5 cm³/mol. The molecule has 70 valence electrons. The summed E-state index contributed by atoms with van der Waals surface area (Å²) in [6.45, 7) is -0.411. The Morgan fingerprint density at radius 1 is 1.25 bits per heavy atom. The fourth-order valence-corrected chi connectivity index (χ4v) is 1.08. The lowest BCUT2D eigenvalue weighted by molar-refractivity contribution is -0.0589. The molecule has 1 aliphatic heterocycles. The van der Waals surface area contributed by atoms with E-state index in [-0.39, 0.29) is 5.84 Å². The molecule has 0 amide bonds. The maximum atomic E-state index is 9.19. The third-order valence-electron chi connectivity index (χ3n) is 1.87. The van der Waals surface area contributed by atoms with E-state index in [0.29, 0.717) is 0 Å². The fourth-order valence-electron chi connectivity index (χ4n) is 1.08. The van der Waals surface area contributed by atoms with Crippen LogP contribution in [0.1, 0.15) is 0 Å². The largest absolute Gasteiger partial charge is 0.394 e. The Kier molecular flexibility index (Phi) is 2.63. The van der Waals surface area contributed by atoms with E-state index in [1.54, 1.807) is 0 Å². The summed E-state index contributed by atoms with van der Waals surface area (Å²) in [4.78, 5) is 3.60. The minimum Gasteiger partial charge on any atom is -0.394 e. The number of nitrogens with zero attached hydrogens (tertiary/aromatic N) is 1. The van der Waals surface area contributed by atoms with Gasteiger partial charge in [0.25, 0.3) is 0 Å². The van der Waals surface area contributed by atoms with E-state index in [9.17, 15) is 5.11 Å². The van der Waals surface area contributed by atoms with Gasteiger partial charge in [-0.15, -0.1) is 0 Å². The van der Waals surface area contributed by atoms with Gasteiger partial charge < -0.3 is 26.2 Å². The van der Waals surface area contributed by atoms with Crippen LogP contribution < -0.4 is 5.73 Å². The molecular formula is C6H12N2O4. The number of amidine groups is 1. The summed E-state index contributed by atoms with van der Waals surface area (Å²) in [6, 6.07) is -0.844. The maximum absolute atomic E-state index is 9.19. The number of aliphatic hydroxyl groups excluding tert-OH is 4. The van der Waals surface area contributed by atoms with Crippen molar-refractivity contribution in [3.05, 3.63) is 0 Å². The normalized spacial score (nSPS) is 42.5. The van der Waals surface area contributed by atoms with Gasteiger partial charge >= 0.3 is 0 Å². The topological polar surface area (TPSA) is 119 Å². The second kappa shape index (κ2) is 3.36. The highest BCUT2D eigenvalue weighted by molar-refractivity contribution is 5.86. The summed E-state index contributed by atoms with van der Waals surface area (Å²) in [6.07, 6.45) is -3.99. The number of hydrogen-bond acceptors (Lipinski definition) is 6. The van der Waals surface area contributed by atoms with E-state index >= 15 is 0 Å². The Labute approximate surface area is 69.0 Å². The van der Waals surface area contributed by atoms with Gasteiger partial charge in [0.1, 0.15) is 30.2 Å². The number of aliphatic hydroxyl groups is 4. The van der Waals surface area contributed by atoms with Crippen LogP contribution in [-0.4, -0.2) is 57.2 Å². The molecule has 1 heterocycles. The van der Waals surface area contributed by atoms with Crippen LogP contribution in [0.15, 0.2) is 4.99 Å². The van der Waals surface area contributed by atoms with Gasteiger partial charge in [-0.05, 0) is 0 Å². The van der Waals surface area contributed by atoms with Crippen molar-refractivity contribution in [1.82, 2.24) is 0 Å². The highest BCUT2D eigenvalue weighted by Crippen LogP contribution is 2.13. The SMILES string of the molecule is NC1=N[C@H](CO)[C@@H](O)[C@H](O)[C@H]1O. The molecule has 0 radical (unpaired) electrons. The van der Waals surface area contributed by atoms with E-state index in [2.05, 4.69) is 4.99 Å². The average Bonchev–Trinajstić information content (AvgIpc) is 2.08. The molecule has 6 N–H and O–H groups in total. The monoisotopic (exact) mass is 176 g/mol. The van der Waals surface area contributed by atoms with Gasteiger partial charge in [0.2, 0.25) is 0 Å². The van der Waals surface area contributed by atoms with Crippen molar-refractivity contribution in [3.8, 4) is 0 Å². The second-order valence-electron chi connectivity index (χ2n) is 2.73. The van der Waals surface area contributed by atoms with Crippen molar-refractivity contribution in [2.75, 3.05) is 6.61 Å². The van der Waals surface area contributed by atoms with Crippen LogP contribution in [-0.2, 0) is 0 Å². The smallest absolute Gasteiger partial charge is 0.139 e. The fraction of sp³-hybridized carbons (Fsp3) is 0.833. The maximum Gasteiger partial charge on any atom is 0.139 e. The molecule has 0 aromatic carbocycles. The van der Waals surface area contributed by atoms with Crippen LogP contribution in [0.5, 0.6) is 0 Å². The van der Waals surface area contributed by atoms with E-state index in [4.69, 9.17) is 21.1 Å². The zero-order valence-corrected chi connectivity index (χ0v) is 6.33. The molecule has 0 saturated carbocycles. The van der Waals surface area contributed by atoms with Crippen LogP contribution in [0.4, 0.5) is 0 Å². The lowest BCUT2D eigenvalue weighted by atomic mass is 9.98. The molecule has 4 atom stereocenters. The quantitative estimate of drug-likeness (QED) is 0.288. The van der Waals surface area contributed by atoms with Gasteiger partial charge in [-0.1, -0.05) is 0 Å². The first-order valence-corrected chi connectivity index (χ1v) is 3.56. The summed E-state index contributed by atoms with van der Waals surface area (Å²) in [5.74, 6) is -0.160. The summed E-state index contributed by atoms with van der Waals surface area (Å²) < 4.78 is 0. The number of hydrogen-bond donors (Lipinski definition) is 5. The van der Waals surface area contributed by atoms with Crippen molar-refractivity contribution in [2.24, 2.45) is 10.7 Å². The standard InChI is InChI=1S/C6H12N2O4/c7-6-5(12)4(11)3(10)2(1-9)8-6/h2-5,9-12H,1H2,(H2,7,8)/t2-,3-,4+,5-/m1/s1. The van der Waals surface area contributed by atoms with Crippen LogP contribution in [0.3, 0.4) is 0 Å². The molecule has 6 nitrogen and oxygen atoms in total. The van der Waals surface area contributed by atoms with Gasteiger partial charge in [-0.2, -0.15) is 0 Å². The van der Waals surface area contributed by atoms with Gasteiger partial charge in [0.05, 0.1) is 6.61 Å². The van der Waals surface area contributed by atoms with Crippen molar-refractivity contribution in [3.63, 3.8) is 0 Å². The van der Waals surface area contributed by atoms with E-state index in [1.807, 2.05) is 0 Å². The molecule has 0 unspecified atom stereocenters. The molecule has 0 spiro atoms. The molecule has 1 aliphatic rings. The van der Waals surface area contributed by atoms with Crippen LogP contribution in [0.25, 0.3) is 0 Å². The molecule has 0 aromatic rings. The van der Waals surface area contributed by atoms with Gasteiger partial charge in [0.15, 0.2) is 0 Å². The second-order valence-corrected chi connectivity index (χ2v) is 2.73. The Morgan fingerprint density at radius 2 is 1.83 bits per heavy atom. The van der Waals surface area contributed by atoms with Crippen molar-refractivity contribution >= 4 is 5.84 Å². The third kappa shape index (κ3) is 1.42. The number of aliphatic imine (C=N–C) groups is 1. The Balaban J connectivity index is 2.83. The van der Waals surface area contributed by atoms with Crippen LogP contribution >= 0.6 is 0 Å². The molecule has 0 fully saturated rings. The lowest BCUT2D eigenvalue weighted by Gasteiger charge is -2.31. The molecular weight excluding hydrogens is 164 g/mol. The highest BCUT2D eigenvalue weighted by Gasteiger charge is 2.37. The van der Waals surface area contributed by atoms with E-state index in [1.165, 1.54) is 0 Å².